The van der Waals surface area contributed by atoms with Crippen molar-refractivity contribution in [1.29, 1.82) is 10.5 Å². The van der Waals surface area contributed by atoms with Crippen molar-refractivity contribution in [2.75, 3.05) is 26.4 Å². The molecule has 0 spiro atoms. The van der Waals surface area contributed by atoms with Gasteiger partial charge in [0.2, 0.25) is 0 Å². The number of hydrogen-bond donors (Lipinski definition) is 1. The lowest BCUT2D eigenvalue weighted by atomic mass is 10.0. The monoisotopic (exact) mass is 708 g/mol. The summed E-state index contributed by atoms with van der Waals surface area (Å²) >= 11 is 0. The van der Waals surface area contributed by atoms with Crippen LogP contribution in [0.1, 0.15) is 72.9 Å². The summed E-state index contributed by atoms with van der Waals surface area (Å²) in [6, 6.07) is 40.0. The largest absolute Gasteiger partial charge is 0.494 e. The molecule has 0 aliphatic rings. The van der Waals surface area contributed by atoms with Gasteiger partial charge in [0.1, 0.15) is 11.5 Å². The summed E-state index contributed by atoms with van der Waals surface area (Å²) in [5.41, 5.74) is 5.72. The molecule has 0 aromatic heterocycles. The van der Waals surface area contributed by atoms with Crippen LogP contribution in [0.25, 0.3) is 22.3 Å². The maximum absolute atomic E-state index is 11.6. The first-order valence-electron chi connectivity index (χ1n) is 18.1. The number of ether oxygens (including phenoxy) is 4. The van der Waals surface area contributed by atoms with Gasteiger partial charge in [-0.1, -0.05) is 48.5 Å². The van der Waals surface area contributed by atoms with Crippen molar-refractivity contribution in [3.05, 3.63) is 132 Å². The van der Waals surface area contributed by atoms with Crippen LogP contribution < -0.4 is 18.9 Å². The SMILES string of the molecule is N#Cc1ccc(-c2ccc(OCCCCCCOc3ccc(C(=O)O)cc3OCCCCCCOc3ccc(-c4ccc(C#N)cc4)cc3)cc2)cc1. The van der Waals surface area contributed by atoms with Crippen molar-refractivity contribution in [2.45, 2.75) is 51.4 Å². The van der Waals surface area contributed by atoms with E-state index in [4.69, 9.17) is 29.5 Å². The quantitative estimate of drug-likeness (QED) is 0.0748. The highest BCUT2D eigenvalue weighted by Gasteiger charge is 2.11. The van der Waals surface area contributed by atoms with E-state index in [-0.39, 0.29) is 5.56 Å². The van der Waals surface area contributed by atoms with E-state index in [1.54, 1.807) is 12.1 Å². The molecule has 0 fully saturated rings. The van der Waals surface area contributed by atoms with Crippen molar-refractivity contribution in [2.24, 2.45) is 0 Å². The van der Waals surface area contributed by atoms with Gasteiger partial charge < -0.3 is 24.1 Å². The van der Waals surface area contributed by atoms with Gasteiger partial charge in [0, 0.05) is 0 Å². The number of carboxylic acid groups (broad SMARTS) is 1. The molecular weight excluding hydrogens is 665 g/mol. The van der Waals surface area contributed by atoms with Crippen LogP contribution >= 0.6 is 0 Å². The highest BCUT2D eigenvalue weighted by atomic mass is 16.5. The van der Waals surface area contributed by atoms with Crippen LogP contribution in [0.4, 0.5) is 0 Å². The van der Waals surface area contributed by atoms with Crippen molar-refractivity contribution in [1.82, 2.24) is 0 Å². The molecule has 0 heterocycles. The van der Waals surface area contributed by atoms with Gasteiger partial charge in [-0.25, -0.2) is 4.79 Å². The predicted octanol–water partition coefficient (Wildman–Crippen LogP) is 10.5. The number of carboxylic acids is 1. The Morgan fingerprint density at radius 1 is 0.453 bits per heavy atom. The fourth-order valence-corrected chi connectivity index (χ4v) is 5.69. The first kappa shape index (κ1) is 38.0. The first-order valence-corrected chi connectivity index (χ1v) is 18.1. The van der Waals surface area contributed by atoms with Crippen molar-refractivity contribution in [3.8, 4) is 57.4 Å². The molecule has 5 aromatic rings. The molecule has 0 saturated carbocycles. The number of unbranched alkanes of at least 4 members (excludes halogenated alkanes) is 6. The van der Waals surface area contributed by atoms with Gasteiger partial charge in [-0.3, -0.25) is 0 Å². The molecule has 0 amide bonds. The van der Waals surface area contributed by atoms with Crippen LogP contribution in [0.2, 0.25) is 0 Å². The van der Waals surface area contributed by atoms with Crippen molar-refractivity contribution >= 4 is 5.97 Å². The molecule has 0 unspecified atom stereocenters. The van der Waals surface area contributed by atoms with Gasteiger partial charge in [0.05, 0.1) is 55.3 Å². The van der Waals surface area contributed by atoms with E-state index in [0.717, 1.165) is 85.1 Å². The Morgan fingerprint density at radius 3 is 1.19 bits per heavy atom. The molecule has 0 atom stereocenters. The standard InChI is InChI=1S/C45H44N2O6/c46-32-34-9-13-36(14-10-34)38-17-22-41(23-18-38)50-27-5-1-3-7-29-52-43-26-21-40(45(48)49)31-44(43)53-30-8-4-2-6-28-51-42-24-19-39(20-25-42)37-15-11-35(33-47)12-16-37/h9-26,31H,1-8,27-30H2,(H,48,49). The number of aromatic carboxylic acids is 1. The normalized spacial score (nSPS) is 10.5. The number of hydrogen-bond acceptors (Lipinski definition) is 7. The van der Waals surface area contributed by atoms with Crippen molar-refractivity contribution < 1.29 is 28.8 Å². The summed E-state index contributed by atoms with van der Waals surface area (Å²) in [6.45, 7) is 2.24. The molecule has 0 aliphatic carbocycles. The molecule has 0 radical (unpaired) electrons. The van der Waals surface area contributed by atoms with E-state index in [1.165, 1.54) is 6.07 Å². The zero-order chi connectivity index (χ0) is 37.1. The average Bonchev–Trinajstić information content (AvgIpc) is 3.20. The maximum atomic E-state index is 11.6. The van der Waals surface area contributed by atoms with Gasteiger partial charge in [-0.05, 0) is 140 Å². The molecule has 5 aromatic carbocycles. The minimum absolute atomic E-state index is 0.165. The topological polar surface area (TPSA) is 122 Å². The average molecular weight is 709 g/mol. The minimum Gasteiger partial charge on any atom is -0.494 e. The third kappa shape index (κ3) is 12.2. The smallest absolute Gasteiger partial charge is 0.335 e. The second kappa shape index (κ2) is 20.6. The van der Waals surface area contributed by atoms with Gasteiger partial charge in [0.25, 0.3) is 0 Å². The number of nitrogens with zero attached hydrogens (tertiary/aromatic N) is 2. The van der Waals surface area contributed by atoms with E-state index in [2.05, 4.69) is 12.1 Å². The van der Waals surface area contributed by atoms with Crippen LogP contribution in [0.3, 0.4) is 0 Å². The van der Waals surface area contributed by atoms with Crippen LogP contribution in [0.5, 0.6) is 23.0 Å². The Hall–Kier alpha value is -6.25. The Labute approximate surface area is 311 Å². The van der Waals surface area contributed by atoms with E-state index in [9.17, 15) is 9.90 Å². The summed E-state index contributed by atoms with van der Waals surface area (Å²) < 4.78 is 23.8. The zero-order valence-corrected chi connectivity index (χ0v) is 29.8. The number of nitriles is 2. The Morgan fingerprint density at radius 2 is 0.811 bits per heavy atom. The summed E-state index contributed by atoms with van der Waals surface area (Å²) in [4.78, 5) is 11.6. The fraction of sp³-hybridized carbons (Fsp3) is 0.267. The summed E-state index contributed by atoms with van der Waals surface area (Å²) in [7, 11) is 0. The summed E-state index contributed by atoms with van der Waals surface area (Å²) in [5, 5.41) is 27.5. The van der Waals surface area contributed by atoms with Gasteiger partial charge in [0.15, 0.2) is 11.5 Å². The van der Waals surface area contributed by atoms with E-state index in [1.807, 2.05) is 97.1 Å². The van der Waals surface area contributed by atoms with Crippen molar-refractivity contribution in [3.63, 3.8) is 0 Å². The Kier molecular flexibility index (Phi) is 14.7. The van der Waals surface area contributed by atoms with E-state index < -0.39 is 5.97 Å². The molecule has 1 N–H and O–H groups in total. The molecular formula is C45H44N2O6. The summed E-state index contributed by atoms with van der Waals surface area (Å²) in [5.74, 6) is 1.66. The van der Waals surface area contributed by atoms with Crippen LogP contribution in [-0.4, -0.2) is 37.5 Å². The fourth-order valence-electron chi connectivity index (χ4n) is 5.69. The Balaban J connectivity index is 0.932. The van der Waals surface area contributed by atoms with Crippen LogP contribution in [0.15, 0.2) is 115 Å². The van der Waals surface area contributed by atoms with Gasteiger partial charge in [-0.2, -0.15) is 10.5 Å². The highest BCUT2D eigenvalue weighted by molar-refractivity contribution is 5.88. The third-order valence-corrected chi connectivity index (χ3v) is 8.72. The molecule has 5 rings (SSSR count). The zero-order valence-electron chi connectivity index (χ0n) is 29.8. The Bertz CT molecular complexity index is 1960. The molecule has 0 bridgehead atoms. The lowest BCUT2D eigenvalue weighted by Crippen LogP contribution is -2.05. The van der Waals surface area contributed by atoms with E-state index in [0.29, 0.717) is 49.1 Å². The second-order valence-electron chi connectivity index (χ2n) is 12.6. The molecule has 8 heteroatoms. The predicted molar refractivity (Wildman–Crippen MR) is 206 cm³/mol. The third-order valence-electron chi connectivity index (χ3n) is 8.72. The lowest BCUT2D eigenvalue weighted by molar-refractivity contribution is 0.0696. The van der Waals surface area contributed by atoms with Gasteiger partial charge in [-0.15, -0.1) is 0 Å². The van der Waals surface area contributed by atoms with Crippen LogP contribution in [0, 0.1) is 22.7 Å². The lowest BCUT2D eigenvalue weighted by Gasteiger charge is -2.14. The second-order valence-corrected chi connectivity index (χ2v) is 12.6. The summed E-state index contributed by atoms with van der Waals surface area (Å²) in [6.07, 6.45) is 7.48. The van der Waals surface area contributed by atoms with Gasteiger partial charge >= 0.3 is 5.97 Å². The number of carbonyl (C=O) groups is 1. The number of rotatable bonds is 21. The van der Waals surface area contributed by atoms with E-state index >= 15 is 0 Å². The maximum Gasteiger partial charge on any atom is 0.335 e. The minimum atomic E-state index is -1.00. The molecule has 270 valence electrons. The first-order chi connectivity index (χ1) is 26.0. The molecule has 8 nitrogen and oxygen atoms in total. The molecule has 0 saturated heterocycles. The molecule has 0 aliphatic heterocycles. The van der Waals surface area contributed by atoms with Crippen LogP contribution in [-0.2, 0) is 0 Å². The number of benzene rings is 5. The highest BCUT2D eigenvalue weighted by Crippen LogP contribution is 2.30. The molecule has 53 heavy (non-hydrogen) atoms.